The summed E-state index contributed by atoms with van der Waals surface area (Å²) in [5.74, 6) is 3.41. The van der Waals surface area contributed by atoms with Crippen molar-refractivity contribution < 1.29 is 37.5 Å². The van der Waals surface area contributed by atoms with Crippen LogP contribution in [0.2, 0.25) is 0 Å². The number of methoxy groups -OCH3 is 4. The van der Waals surface area contributed by atoms with E-state index in [9.17, 15) is 0 Å². The summed E-state index contributed by atoms with van der Waals surface area (Å²) in [5, 5.41) is 0. The molecule has 0 saturated heterocycles. The van der Waals surface area contributed by atoms with Crippen molar-refractivity contribution in [2.75, 3.05) is 28.4 Å². The van der Waals surface area contributed by atoms with E-state index in [0.29, 0.717) is 17.2 Å². The fraction of sp³-hybridized carbons (Fsp3) is 0.263. The fourth-order valence-electron chi connectivity index (χ4n) is 2.86. The number of imidazole rings is 1. The zero-order valence-electron chi connectivity index (χ0n) is 15.4. The summed E-state index contributed by atoms with van der Waals surface area (Å²) in [6.07, 6.45) is 5.74. The maximum atomic E-state index is 5.41. The number of fused-ring (bicyclic) bond motifs is 1. The Balaban J connectivity index is 0.00000243. The van der Waals surface area contributed by atoms with Crippen molar-refractivity contribution in [1.29, 1.82) is 0 Å². The Bertz CT molecular complexity index is 883. The third kappa shape index (κ3) is 3.43. The Morgan fingerprint density at radius 1 is 0.923 bits per heavy atom. The van der Waals surface area contributed by atoms with Crippen LogP contribution >= 0.6 is 0 Å². The molecule has 2 aromatic heterocycles. The maximum absolute atomic E-state index is 5.41. The number of hydrogen-bond acceptors (Lipinski definition) is 5. The third-order valence-corrected chi connectivity index (χ3v) is 4.16. The molecule has 0 unspecified atom stereocenters. The summed E-state index contributed by atoms with van der Waals surface area (Å²) in [6, 6.07) is 5.70. The van der Waals surface area contributed by atoms with Gasteiger partial charge in [0.1, 0.15) is 17.2 Å². The first kappa shape index (κ1) is 19.9. The molecule has 0 amide bonds. The largest absolute Gasteiger partial charge is 0.506 e. The summed E-state index contributed by atoms with van der Waals surface area (Å²) < 4.78 is 23.6. The second kappa shape index (κ2) is 8.30. The van der Waals surface area contributed by atoms with Gasteiger partial charge in [-0.05, 0) is 13.0 Å². The first-order chi connectivity index (χ1) is 12.1. The molecule has 0 spiro atoms. The van der Waals surface area contributed by atoms with Crippen LogP contribution in [0, 0.1) is 13.3 Å². The molecular formula is C19H21N2O4V-. The molecule has 137 valence electrons. The number of hydrogen-bond donors (Lipinski definition) is 0. The molecule has 0 atom stereocenters. The molecule has 0 bridgehead atoms. The number of ether oxygens (including phenoxy) is 4. The van der Waals surface area contributed by atoms with Crippen molar-refractivity contribution in [1.82, 2.24) is 9.38 Å². The Kier molecular flexibility index (Phi) is 6.34. The van der Waals surface area contributed by atoms with Crippen LogP contribution in [0.5, 0.6) is 23.0 Å². The molecule has 7 heteroatoms. The molecule has 2 heterocycles. The van der Waals surface area contributed by atoms with Crippen LogP contribution in [-0.2, 0) is 18.6 Å². The van der Waals surface area contributed by atoms with Gasteiger partial charge in [-0.2, -0.15) is 5.56 Å². The quantitative estimate of drug-likeness (QED) is 0.603. The van der Waals surface area contributed by atoms with E-state index < -0.39 is 0 Å². The predicted molar refractivity (Wildman–Crippen MR) is 95.1 cm³/mol. The van der Waals surface area contributed by atoms with Gasteiger partial charge in [-0.3, -0.25) is 0 Å². The molecule has 0 saturated carbocycles. The summed E-state index contributed by atoms with van der Waals surface area (Å²) in [6.45, 7) is 2.01. The van der Waals surface area contributed by atoms with Crippen molar-refractivity contribution in [3.63, 3.8) is 0 Å². The normalized spacial score (nSPS) is 10.2. The van der Waals surface area contributed by atoms with Gasteiger partial charge in [0.15, 0.2) is 5.75 Å². The van der Waals surface area contributed by atoms with Crippen LogP contribution in [0.4, 0.5) is 0 Å². The number of pyridine rings is 1. The molecular weight excluding hydrogens is 371 g/mol. The minimum atomic E-state index is 0. The van der Waals surface area contributed by atoms with Crippen LogP contribution in [-0.4, -0.2) is 37.8 Å². The Labute approximate surface area is 164 Å². The standard InChI is InChI=1S/C19H21N2O4.V/c1-12-14-11-20-18(21(14)7-6-15(12)22-2)10-13-8-16(23-3)19(25-5)17(9-13)24-4;/h6-11H,1-5H3;/q-1;. The van der Waals surface area contributed by atoms with Crippen LogP contribution < -0.4 is 18.9 Å². The van der Waals surface area contributed by atoms with E-state index in [1.165, 1.54) is 0 Å². The SMILES string of the molecule is COc1cc([CH-]c2ncc3c(C)c(OC)ccn23)cc(OC)c1OC.[V]. The summed E-state index contributed by atoms with van der Waals surface area (Å²) in [4.78, 5) is 4.52. The van der Waals surface area contributed by atoms with E-state index in [0.717, 1.165) is 28.2 Å². The van der Waals surface area contributed by atoms with Gasteiger partial charge in [0.2, 0.25) is 0 Å². The zero-order valence-corrected chi connectivity index (χ0v) is 16.8. The first-order valence-corrected chi connectivity index (χ1v) is 7.78. The molecule has 3 rings (SSSR count). The van der Waals surface area contributed by atoms with Crippen molar-refractivity contribution in [2.45, 2.75) is 6.92 Å². The van der Waals surface area contributed by atoms with Gasteiger partial charge in [-0.15, -0.1) is 18.6 Å². The van der Waals surface area contributed by atoms with Crippen LogP contribution in [0.3, 0.4) is 0 Å². The van der Waals surface area contributed by atoms with Gasteiger partial charge in [-0.1, -0.05) is 0 Å². The number of aromatic nitrogens is 2. The Hall–Kier alpha value is -2.44. The second-order valence-electron chi connectivity index (χ2n) is 5.48. The van der Waals surface area contributed by atoms with E-state index in [1.807, 2.05) is 48.3 Å². The molecule has 0 aliphatic carbocycles. The average molecular weight is 392 g/mol. The van der Waals surface area contributed by atoms with E-state index in [2.05, 4.69) is 4.98 Å². The number of benzene rings is 1. The monoisotopic (exact) mass is 392 g/mol. The molecule has 0 N–H and O–H groups in total. The predicted octanol–water partition coefficient (Wildman–Crippen LogP) is 3.28. The molecule has 1 radical (unpaired) electrons. The van der Waals surface area contributed by atoms with Gasteiger partial charge in [0.25, 0.3) is 0 Å². The maximum Gasteiger partial charge on any atom is 0.177 e. The van der Waals surface area contributed by atoms with Crippen LogP contribution in [0.25, 0.3) is 5.52 Å². The summed E-state index contributed by atoms with van der Waals surface area (Å²) in [7, 11) is 6.45. The van der Waals surface area contributed by atoms with Crippen LogP contribution in [0.1, 0.15) is 17.0 Å². The Morgan fingerprint density at radius 2 is 1.54 bits per heavy atom. The average Bonchev–Trinajstić information content (AvgIpc) is 3.04. The molecule has 0 aliphatic rings. The van der Waals surface area contributed by atoms with Gasteiger partial charge in [0.05, 0.1) is 46.0 Å². The third-order valence-electron chi connectivity index (χ3n) is 4.16. The van der Waals surface area contributed by atoms with E-state index in [-0.39, 0.29) is 18.6 Å². The van der Waals surface area contributed by atoms with E-state index in [4.69, 9.17) is 18.9 Å². The van der Waals surface area contributed by atoms with Crippen LogP contribution in [0.15, 0.2) is 30.6 Å². The van der Waals surface area contributed by atoms with E-state index in [1.54, 1.807) is 28.4 Å². The van der Waals surface area contributed by atoms with Crippen molar-refractivity contribution >= 4 is 5.52 Å². The van der Waals surface area contributed by atoms with Crippen molar-refractivity contribution in [3.8, 4) is 23.0 Å². The summed E-state index contributed by atoms with van der Waals surface area (Å²) >= 11 is 0. The molecule has 1 aromatic carbocycles. The van der Waals surface area contributed by atoms with Gasteiger partial charge in [0, 0.05) is 30.3 Å². The summed E-state index contributed by atoms with van der Waals surface area (Å²) in [5.41, 5.74) is 2.94. The smallest absolute Gasteiger partial charge is 0.177 e. The molecule has 6 nitrogen and oxygen atoms in total. The zero-order chi connectivity index (χ0) is 18.0. The van der Waals surface area contributed by atoms with Gasteiger partial charge >= 0.3 is 0 Å². The van der Waals surface area contributed by atoms with Gasteiger partial charge in [-0.25, -0.2) is 4.98 Å². The molecule has 3 aromatic rings. The minimum Gasteiger partial charge on any atom is -0.506 e. The number of nitrogens with zero attached hydrogens (tertiary/aromatic N) is 2. The van der Waals surface area contributed by atoms with E-state index >= 15 is 0 Å². The van der Waals surface area contributed by atoms with Crippen molar-refractivity contribution in [2.24, 2.45) is 0 Å². The second-order valence-corrected chi connectivity index (χ2v) is 5.48. The molecule has 26 heavy (non-hydrogen) atoms. The Morgan fingerprint density at radius 3 is 2.08 bits per heavy atom. The van der Waals surface area contributed by atoms with Crippen molar-refractivity contribution in [3.05, 3.63) is 54.0 Å². The topological polar surface area (TPSA) is 54.2 Å². The number of aryl methyl sites for hydroxylation is 1. The minimum absolute atomic E-state index is 0. The van der Waals surface area contributed by atoms with Gasteiger partial charge < -0.3 is 23.3 Å². The number of rotatable bonds is 6. The first-order valence-electron chi connectivity index (χ1n) is 7.78. The fourth-order valence-corrected chi connectivity index (χ4v) is 2.86. The molecule has 0 fully saturated rings. The molecule has 0 aliphatic heterocycles.